The molecular weight excluding hydrogens is 899 g/mol. The number of methoxy groups -OCH3 is 1. The molecule has 0 radical (unpaired) electrons. The summed E-state index contributed by atoms with van der Waals surface area (Å²) in [7, 11) is -1.01. The van der Waals surface area contributed by atoms with Crippen molar-refractivity contribution in [3.63, 3.8) is 0 Å². The number of nitrogens with zero attached hydrogens (tertiary/aromatic N) is 5. The molecule has 4 heterocycles. The molecule has 3 aliphatic rings. The molecule has 362 valence electrons. The monoisotopic (exact) mass is 961 g/mol. The Bertz CT molecular complexity index is 2560. The zero-order valence-electron chi connectivity index (χ0n) is 39.4. The van der Waals surface area contributed by atoms with Gasteiger partial charge in [-0.15, -0.1) is 11.3 Å². The average Bonchev–Trinajstić information content (AvgIpc) is 3.72. The van der Waals surface area contributed by atoms with Gasteiger partial charge in [0, 0.05) is 61.2 Å². The van der Waals surface area contributed by atoms with Gasteiger partial charge in [0.15, 0.2) is 10.2 Å². The highest BCUT2D eigenvalue weighted by atomic mass is 32.2. The normalized spacial score (nSPS) is 21.8. The van der Waals surface area contributed by atoms with E-state index in [-0.39, 0.29) is 48.8 Å². The van der Waals surface area contributed by atoms with Gasteiger partial charge in [-0.2, -0.15) is 4.31 Å². The van der Waals surface area contributed by atoms with E-state index in [0.29, 0.717) is 53.1 Å². The van der Waals surface area contributed by atoms with E-state index < -0.39 is 69.0 Å². The Morgan fingerprint density at radius 1 is 1.04 bits per heavy atom. The maximum absolute atomic E-state index is 15.2. The van der Waals surface area contributed by atoms with Crippen molar-refractivity contribution >= 4 is 61.2 Å². The van der Waals surface area contributed by atoms with Crippen LogP contribution in [0.4, 0.5) is 9.93 Å². The molecule has 3 fully saturated rings. The molecule has 3 aromatic heterocycles. The Labute approximate surface area is 396 Å². The fraction of sp³-hybridized carbons (Fsp3) is 0.553. The molecule has 7 rings (SSSR count). The average molecular weight is 962 g/mol. The number of hydrogen-bond donors (Lipinski definition) is 5. The minimum Gasteiger partial charge on any atom is -0.497 e. The van der Waals surface area contributed by atoms with Crippen LogP contribution in [0.2, 0.25) is 0 Å². The first-order valence-corrected chi connectivity index (χ1v) is 25.2. The first-order chi connectivity index (χ1) is 31.7. The third-order valence-electron chi connectivity index (χ3n) is 13.2. The van der Waals surface area contributed by atoms with Crippen molar-refractivity contribution < 1.29 is 42.2 Å². The summed E-state index contributed by atoms with van der Waals surface area (Å²) >= 11 is 1.45. The number of thiazole rings is 1. The molecule has 18 nitrogen and oxygen atoms in total. The SMILES string of the molecule is CCC1C[C@]1(NC(=O)[C@@H]1C[C@@H](Oc2cc(-c3csc(NC(C)C)n3)nc3cc(OC)ccc23)CN1C(=O)[C@@H](NC(=O)N[C@H](CN(C)S(=O)(=O)c1ccccn1)C(C)(C)C)C1CCCC1)C(=O)O. The van der Waals surface area contributed by atoms with E-state index in [4.69, 9.17) is 19.4 Å². The number of carbonyl (C=O) groups excluding carboxylic acids is 3. The fourth-order valence-electron chi connectivity index (χ4n) is 9.13. The summed E-state index contributed by atoms with van der Waals surface area (Å²) in [6.45, 7) is 11.4. The second-order valence-corrected chi connectivity index (χ2v) is 22.1. The van der Waals surface area contributed by atoms with Crippen molar-refractivity contribution in [2.75, 3.05) is 32.6 Å². The summed E-state index contributed by atoms with van der Waals surface area (Å²) < 4.78 is 40.4. The number of amides is 4. The molecule has 4 aromatic rings. The molecule has 2 saturated carbocycles. The number of anilines is 1. The highest BCUT2D eigenvalue weighted by Gasteiger charge is 2.61. The smallest absolute Gasteiger partial charge is 0.329 e. The Kier molecular flexibility index (Phi) is 14.7. The van der Waals surface area contributed by atoms with Crippen LogP contribution in [0.25, 0.3) is 22.3 Å². The number of aliphatic carboxylic acids is 1. The van der Waals surface area contributed by atoms with Crippen LogP contribution < -0.4 is 30.7 Å². The van der Waals surface area contributed by atoms with Crippen LogP contribution in [0.1, 0.15) is 86.5 Å². The molecule has 1 aromatic carbocycles. The molecule has 67 heavy (non-hydrogen) atoms. The van der Waals surface area contributed by atoms with Gasteiger partial charge in [0.2, 0.25) is 11.8 Å². The van der Waals surface area contributed by atoms with Crippen molar-refractivity contribution in [1.29, 1.82) is 0 Å². The highest BCUT2D eigenvalue weighted by molar-refractivity contribution is 7.89. The number of rotatable bonds is 18. The van der Waals surface area contributed by atoms with Crippen LogP contribution >= 0.6 is 11.3 Å². The number of urea groups is 1. The largest absolute Gasteiger partial charge is 0.497 e. The summed E-state index contributed by atoms with van der Waals surface area (Å²) in [4.78, 5) is 71.5. The number of aromatic nitrogens is 3. The third kappa shape index (κ3) is 10.9. The number of fused-ring (bicyclic) bond motifs is 1. The summed E-state index contributed by atoms with van der Waals surface area (Å²) in [5, 5.41) is 25.5. The van der Waals surface area contributed by atoms with Gasteiger partial charge >= 0.3 is 12.0 Å². The maximum Gasteiger partial charge on any atom is 0.329 e. The fourth-order valence-corrected chi connectivity index (χ4v) is 11.1. The number of likely N-dealkylation sites (N-methyl/N-ethyl adjacent to an activating group) is 1. The number of sulfonamides is 1. The molecule has 4 amide bonds. The second kappa shape index (κ2) is 19.9. The first kappa shape index (κ1) is 49.3. The van der Waals surface area contributed by atoms with Crippen molar-refractivity contribution in [2.24, 2.45) is 17.3 Å². The van der Waals surface area contributed by atoms with Gasteiger partial charge in [-0.25, -0.2) is 33.0 Å². The number of likely N-dealkylation sites (tertiary alicyclic amines) is 1. The molecule has 1 unspecified atom stereocenters. The van der Waals surface area contributed by atoms with Crippen LogP contribution in [-0.2, 0) is 24.4 Å². The van der Waals surface area contributed by atoms with E-state index in [0.717, 1.165) is 22.3 Å². The minimum absolute atomic E-state index is 0.0330. The van der Waals surface area contributed by atoms with Crippen molar-refractivity contribution in [1.82, 2.24) is 40.1 Å². The molecule has 20 heteroatoms. The van der Waals surface area contributed by atoms with Crippen molar-refractivity contribution in [3.8, 4) is 22.9 Å². The molecule has 1 saturated heterocycles. The van der Waals surface area contributed by atoms with Gasteiger partial charge in [-0.3, -0.25) is 9.59 Å². The molecular formula is C47H63N9O9S2. The number of carbonyl (C=O) groups is 4. The summed E-state index contributed by atoms with van der Waals surface area (Å²) in [5.74, 6) is -1.76. The van der Waals surface area contributed by atoms with Crippen molar-refractivity contribution in [3.05, 3.63) is 54.0 Å². The Balaban J connectivity index is 1.18. The van der Waals surface area contributed by atoms with E-state index in [2.05, 4.69) is 26.3 Å². The Morgan fingerprint density at radius 2 is 1.79 bits per heavy atom. The minimum atomic E-state index is -4.00. The number of nitrogens with one attached hydrogen (secondary N) is 4. The number of pyridine rings is 2. The quantitative estimate of drug-likeness (QED) is 0.0784. The number of carboxylic acids is 1. The van der Waals surface area contributed by atoms with Crippen LogP contribution in [0.5, 0.6) is 11.5 Å². The van der Waals surface area contributed by atoms with Gasteiger partial charge < -0.3 is 40.7 Å². The van der Waals surface area contributed by atoms with Crippen molar-refractivity contribution in [2.45, 2.75) is 127 Å². The maximum atomic E-state index is 15.2. The topological polar surface area (TPSA) is 234 Å². The van der Waals surface area contributed by atoms with Gasteiger partial charge in [-0.05, 0) is 74.6 Å². The lowest BCUT2D eigenvalue weighted by Gasteiger charge is -2.36. The predicted molar refractivity (Wildman–Crippen MR) is 254 cm³/mol. The number of benzene rings is 1. The van der Waals surface area contributed by atoms with E-state index in [9.17, 15) is 27.9 Å². The lowest BCUT2D eigenvalue weighted by atomic mass is 9.86. The third-order valence-corrected chi connectivity index (χ3v) is 15.7. The lowest BCUT2D eigenvalue weighted by Crippen LogP contribution is -2.60. The molecule has 1 aliphatic heterocycles. The van der Waals surface area contributed by atoms with Crippen LogP contribution in [0.3, 0.4) is 0 Å². The number of carboxylic acid groups (broad SMARTS) is 1. The summed E-state index contributed by atoms with van der Waals surface area (Å²) in [6.07, 6.45) is 4.48. The van der Waals surface area contributed by atoms with Crippen LogP contribution in [0, 0.1) is 17.3 Å². The van der Waals surface area contributed by atoms with Crippen LogP contribution in [0.15, 0.2) is 59.1 Å². The zero-order valence-corrected chi connectivity index (χ0v) is 41.0. The first-order valence-electron chi connectivity index (χ1n) is 22.9. The number of hydrogen-bond acceptors (Lipinski definition) is 13. The van der Waals surface area contributed by atoms with E-state index in [1.165, 1.54) is 35.5 Å². The molecule has 0 spiro atoms. The van der Waals surface area contributed by atoms with Gasteiger partial charge in [0.05, 0.1) is 24.9 Å². The Morgan fingerprint density at radius 3 is 2.42 bits per heavy atom. The predicted octanol–water partition coefficient (Wildman–Crippen LogP) is 5.89. The molecule has 6 atom stereocenters. The second-order valence-electron chi connectivity index (χ2n) is 19.3. The van der Waals surface area contributed by atoms with Crippen LogP contribution in [-0.4, -0.2) is 125 Å². The van der Waals surface area contributed by atoms with E-state index >= 15 is 4.79 Å². The molecule has 5 N–H and O–H groups in total. The Hall–Kier alpha value is -5.60. The summed E-state index contributed by atoms with van der Waals surface area (Å²) in [5.41, 5.74) is -0.344. The zero-order chi connectivity index (χ0) is 48.4. The number of ether oxygens (including phenoxy) is 2. The van der Waals surface area contributed by atoms with Gasteiger partial charge in [0.1, 0.15) is 40.9 Å². The highest BCUT2D eigenvalue weighted by Crippen LogP contribution is 2.46. The van der Waals surface area contributed by atoms with E-state index in [1.54, 1.807) is 37.4 Å². The standard InChI is InChI=1S/C47H63N9O9S2/c1-9-29-23-47(29,43(59)60)54-41(57)36-21-31(65-37-22-34(35-26-66-45(51-35)49-27(2)3)50-33-20-30(64-8)17-18-32(33)37)24-56(36)42(58)40(28-14-10-11-15-28)53-44(61)52-38(46(4,5)6)25-55(7)67(62,63)39-16-12-13-19-48-39/h12-13,16-20,22,26-29,31,36,38,40H,9-11,14-15,21,23-25H2,1-8H3,(H,49,51)(H,54,57)(H,59,60)(H2,52,53,61)/t29?,31-,36+,38-,40+,47-/m1/s1. The lowest BCUT2D eigenvalue weighted by molar-refractivity contribution is -0.146. The summed E-state index contributed by atoms with van der Waals surface area (Å²) in [6, 6.07) is 8.40. The van der Waals surface area contributed by atoms with Gasteiger partial charge in [-0.1, -0.05) is 53.0 Å². The van der Waals surface area contributed by atoms with Gasteiger partial charge in [0.25, 0.3) is 10.0 Å². The molecule has 2 aliphatic carbocycles. The molecule has 0 bridgehead atoms. The van der Waals surface area contributed by atoms with E-state index in [1.807, 2.05) is 53.0 Å².